The van der Waals surface area contributed by atoms with Gasteiger partial charge in [-0.3, -0.25) is 5.10 Å². The first kappa shape index (κ1) is 14.0. The zero-order chi connectivity index (χ0) is 15.8. The van der Waals surface area contributed by atoms with Gasteiger partial charge in [0, 0.05) is 36.3 Å². The highest BCUT2D eigenvalue weighted by Gasteiger charge is 2.27. The number of nitrogens with zero attached hydrogens (tertiary/aromatic N) is 4. The van der Waals surface area contributed by atoms with E-state index in [9.17, 15) is 0 Å². The van der Waals surface area contributed by atoms with Crippen molar-refractivity contribution < 1.29 is 0 Å². The third-order valence-electron chi connectivity index (χ3n) is 4.54. The van der Waals surface area contributed by atoms with Gasteiger partial charge >= 0.3 is 0 Å². The molecule has 0 saturated heterocycles. The van der Waals surface area contributed by atoms with Gasteiger partial charge in [-0.2, -0.15) is 5.10 Å². The second-order valence-corrected chi connectivity index (χ2v) is 6.07. The SMILES string of the molecule is Nc1nn2ccnc2c(Nc2cc[nH]n2)c1[C@H]1CC[C@H](N)CC1. The molecule has 4 rings (SSSR count). The summed E-state index contributed by atoms with van der Waals surface area (Å²) < 4.78 is 1.70. The van der Waals surface area contributed by atoms with E-state index in [2.05, 4.69) is 25.6 Å². The molecule has 0 radical (unpaired) electrons. The molecule has 6 N–H and O–H groups in total. The van der Waals surface area contributed by atoms with Crippen LogP contribution in [0.4, 0.5) is 17.3 Å². The zero-order valence-corrected chi connectivity index (χ0v) is 12.7. The van der Waals surface area contributed by atoms with E-state index in [1.807, 2.05) is 6.07 Å². The molecule has 0 spiro atoms. The lowest BCUT2D eigenvalue weighted by atomic mass is 9.81. The number of hydrogen-bond acceptors (Lipinski definition) is 6. The number of anilines is 3. The Kier molecular flexibility index (Phi) is 3.38. The molecule has 3 heterocycles. The Morgan fingerprint density at radius 2 is 2.09 bits per heavy atom. The first-order valence-corrected chi connectivity index (χ1v) is 7.87. The third-order valence-corrected chi connectivity index (χ3v) is 4.54. The maximum absolute atomic E-state index is 6.28. The smallest absolute Gasteiger partial charge is 0.177 e. The normalized spacial score (nSPS) is 21.6. The third kappa shape index (κ3) is 2.50. The van der Waals surface area contributed by atoms with Crippen molar-refractivity contribution in [2.75, 3.05) is 11.1 Å². The van der Waals surface area contributed by atoms with Crippen LogP contribution in [0.25, 0.3) is 5.65 Å². The van der Waals surface area contributed by atoms with Crippen LogP contribution in [0.15, 0.2) is 24.7 Å². The molecule has 3 aromatic heterocycles. The van der Waals surface area contributed by atoms with Gasteiger partial charge in [0.25, 0.3) is 0 Å². The second kappa shape index (κ2) is 5.54. The lowest BCUT2D eigenvalue weighted by Gasteiger charge is -2.28. The fourth-order valence-corrected chi connectivity index (χ4v) is 3.38. The lowest BCUT2D eigenvalue weighted by molar-refractivity contribution is 0.396. The van der Waals surface area contributed by atoms with Crippen LogP contribution >= 0.6 is 0 Å². The van der Waals surface area contributed by atoms with Crippen molar-refractivity contribution in [1.82, 2.24) is 24.8 Å². The Bertz CT molecular complexity index is 798. The second-order valence-electron chi connectivity index (χ2n) is 6.07. The van der Waals surface area contributed by atoms with Gasteiger partial charge in [0.2, 0.25) is 0 Å². The summed E-state index contributed by atoms with van der Waals surface area (Å²) in [6.45, 7) is 0. The van der Waals surface area contributed by atoms with Gasteiger partial charge in [0.05, 0.1) is 5.69 Å². The quantitative estimate of drug-likeness (QED) is 0.584. The van der Waals surface area contributed by atoms with E-state index < -0.39 is 0 Å². The van der Waals surface area contributed by atoms with E-state index >= 15 is 0 Å². The van der Waals surface area contributed by atoms with Crippen molar-refractivity contribution in [1.29, 1.82) is 0 Å². The van der Waals surface area contributed by atoms with Gasteiger partial charge in [-0.25, -0.2) is 9.50 Å². The number of hydrogen-bond donors (Lipinski definition) is 4. The summed E-state index contributed by atoms with van der Waals surface area (Å²) in [6.07, 6.45) is 9.32. The zero-order valence-electron chi connectivity index (χ0n) is 12.7. The maximum atomic E-state index is 6.28. The first-order valence-electron chi connectivity index (χ1n) is 7.87. The predicted octanol–water partition coefficient (Wildman–Crippen LogP) is 1.76. The summed E-state index contributed by atoms with van der Waals surface area (Å²) in [5, 5.41) is 14.8. The summed E-state index contributed by atoms with van der Waals surface area (Å²) in [4.78, 5) is 4.43. The molecule has 1 aliphatic rings. The molecule has 0 bridgehead atoms. The number of H-pyrrole nitrogens is 1. The Morgan fingerprint density at radius 1 is 1.26 bits per heavy atom. The van der Waals surface area contributed by atoms with Crippen LogP contribution in [0, 0.1) is 0 Å². The summed E-state index contributed by atoms with van der Waals surface area (Å²) in [7, 11) is 0. The Morgan fingerprint density at radius 3 is 2.83 bits per heavy atom. The highest BCUT2D eigenvalue weighted by atomic mass is 15.3. The van der Waals surface area contributed by atoms with E-state index in [1.54, 1.807) is 23.1 Å². The van der Waals surface area contributed by atoms with Crippen LogP contribution in [-0.4, -0.2) is 30.8 Å². The summed E-state index contributed by atoms with van der Waals surface area (Å²) in [5.41, 5.74) is 15.0. The number of rotatable bonds is 3. The van der Waals surface area contributed by atoms with Gasteiger partial charge in [-0.1, -0.05) is 0 Å². The average molecular weight is 312 g/mol. The fraction of sp³-hybridized carbons (Fsp3) is 0.400. The Balaban J connectivity index is 1.82. The minimum atomic E-state index is 0.290. The van der Waals surface area contributed by atoms with E-state index in [1.165, 1.54) is 0 Å². The lowest BCUT2D eigenvalue weighted by Crippen LogP contribution is -2.26. The summed E-state index contributed by atoms with van der Waals surface area (Å²) >= 11 is 0. The highest BCUT2D eigenvalue weighted by Crippen LogP contribution is 2.40. The molecule has 0 unspecified atom stereocenters. The number of aromatic nitrogens is 5. The maximum Gasteiger partial charge on any atom is 0.177 e. The summed E-state index contributed by atoms with van der Waals surface area (Å²) in [5.74, 6) is 1.61. The molecule has 0 amide bonds. The monoisotopic (exact) mass is 312 g/mol. The molecule has 8 nitrogen and oxygen atoms in total. The Hall–Kier alpha value is -2.61. The van der Waals surface area contributed by atoms with Gasteiger partial charge in [0.15, 0.2) is 11.5 Å². The average Bonchev–Trinajstić information content (AvgIpc) is 3.20. The molecule has 8 heteroatoms. The van der Waals surface area contributed by atoms with Crippen molar-refractivity contribution >= 4 is 23.0 Å². The van der Waals surface area contributed by atoms with Gasteiger partial charge < -0.3 is 16.8 Å². The van der Waals surface area contributed by atoms with Gasteiger partial charge in [-0.05, 0) is 31.6 Å². The number of nitrogens with two attached hydrogens (primary N) is 2. The molecular weight excluding hydrogens is 292 g/mol. The Labute approximate surface area is 133 Å². The molecule has 0 aliphatic heterocycles. The number of imidazole rings is 1. The molecule has 120 valence electrons. The molecule has 0 aromatic carbocycles. The minimum Gasteiger partial charge on any atom is -0.382 e. The van der Waals surface area contributed by atoms with Gasteiger partial charge in [0.1, 0.15) is 5.82 Å². The molecular formula is C15H20N8. The molecule has 3 aromatic rings. The topological polar surface area (TPSA) is 123 Å². The van der Waals surface area contributed by atoms with Crippen LogP contribution in [0.5, 0.6) is 0 Å². The molecule has 23 heavy (non-hydrogen) atoms. The molecule has 1 aliphatic carbocycles. The molecule has 1 saturated carbocycles. The van der Waals surface area contributed by atoms with Crippen LogP contribution in [0.2, 0.25) is 0 Å². The minimum absolute atomic E-state index is 0.290. The standard InChI is InChI=1S/C15H20N8/c16-10-3-1-9(2-4-10)12-13(20-11-5-6-19-21-11)15-18-7-8-23(15)22-14(12)17/h5-10H,1-4,16H2,(H2,17,22)(H2,19,20,21)/t9-,10-. The van der Waals surface area contributed by atoms with E-state index in [4.69, 9.17) is 11.5 Å². The largest absolute Gasteiger partial charge is 0.382 e. The molecule has 1 fully saturated rings. The van der Waals surface area contributed by atoms with E-state index in [-0.39, 0.29) is 0 Å². The van der Waals surface area contributed by atoms with Crippen LogP contribution in [-0.2, 0) is 0 Å². The number of aromatic amines is 1. The van der Waals surface area contributed by atoms with Crippen molar-refractivity contribution in [2.45, 2.75) is 37.6 Å². The van der Waals surface area contributed by atoms with Crippen LogP contribution < -0.4 is 16.8 Å². The van der Waals surface area contributed by atoms with E-state index in [0.717, 1.165) is 48.4 Å². The van der Waals surface area contributed by atoms with Crippen molar-refractivity contribution in [2.24, 2.45) is 5.73 Å². The van der Waals surface area contributed by atoms with Crippen LogP contribution in [0.1, 0.15) is 37.2 Å². The molecule has 0 atom stereocenters. The number of nitrogens with one attached hydrogen (secondary N) is 2. The van der Waals surface area contributed by atoms with E-state index in [0.29, 0.717) is 17.8 Å². The number of nitrogen functional groups attached to an aromatic ring is 1. The highest BCUT2D eigenvalue weighted by molar-refractivity contribution is 5.79. The van der Waals surface area contributed by atoms with Crippen LogP contribution in [0.3, 0.4) is 0 Å². The fourth-order valence-electron chi connectivity index (χ4n) is 3.38. The first-order chi connectivity index (χ1) is 11.2. The van der Waals surface area contributed by atoms with Gasteiger partial charge in [-0.15, -0.1) is 5.10 Å². The predicted molar refractivity (Wildman–Crippen MR) is 88.5 cm³/mol. The van der Waals surface area contributed by atoms with Crippen molar-refractivity contribution in [3.8, 4) is 0 Å². The van der Waals surface area contributed by atoms with Crippen molar-refractivity contribution in [3.63, 3.8) is 0 Å². The summed E-state index contributed by atoms with van der Waals surface area (Å²) in [6, 6.07) is 2.16. The number of fused-ring (bicyclic) bond motifs is 1. The van der Waals surface area contributed by atoms with Crippen molar-refractivity contribution in [3.05, 3.63) is 30.2 Å².